The fourth-order valence-corrected chi connectivity index (χ4v) is 2.70. The molecule has 4 heteroatoms. The van der Waals surface area contributed by atoms with Crippen LogP contribution in [0.15, 0.2) is 11.8 Å². The van der Waals surface area contributed by atoms with Crippen LogP contribution in [0.4, 0.5) is 0 Å². The predicted molar refractivity (Wildman–Crippen MR) is 54.3 cm³/mol. The van der Waals surface area contributed by atoms with Gasteiger partial charge in [0, 0.05) is 18.5 Å². The fraction of sp³-hybridized carbons (Fsp3) is 0.667. The van der Waals surface area contributed by atoms with Crippen molar-refractivity contribution >= 4 is 17.7 Å². The number of likely N-dealkylation sites (N-methyl/N-ethyl adjacent to an activating group) is 1. The largest absolute Gasteiger partial charge is 0.313 e. The molecular weight excluding hydrogens is 184 g/mol. The number of β-lactam (4-membered cyclic amide) rings is 1. The molecule has 72 valence electrons. The van der Waals surface area contributed by atoms with Gasteiger partial charge in [-0.1, -0.05) is 6.92 Å². The number of fused-ring (bicyclic) bond motifs is 1. The molecule has 0 saturated carbocycles. The first kappa shape index (κ1) is 9.09. The van der Waals surface area contributed by atoms with Crippen molar-refractivity contribution in [2.45, 2.75) is 18.7 Å². The van der Waals surface area contributed by atoms with Gasteiger partial charge in [0.2, 0.25) is 5.91 Å². The van der Waals surface area contributed by atoms with Crippen LogP contribution in [-0.2, 0) is 4.79 Å². The second-order valence-electron chi connectivity index (χ2n) is 3.34. The van der Waals surface area contributed by atoms with Crippen LogP contribution in [0.1, 0.15) is 13.3 Å². The lowest BCUT2D eigenvalue weighted by Gasteiger charge is -2.41. The van der Waals surface area contributed by atoms with Gasteiger partial charge in [-0.05, 0) is 12.1 Å². The van der Waals surface area contributed by atoms with Crippen molar-refractivity contribution < 1.29 is 4.79 Å². The van der Waals surface area contributed by atoms with Crippen molar-refractivity contribution in [2.75, 3.05) is 18.8 Å². The summed E-state index contributed by atoms with van der Waals surface area (Å²) in [6, 6.07) is 0. The zero-order valence-electron chi connectivity index (χ0n) is 7.75. The topological polar surface area (TPSA) is 32.3 Å². The Balaban J connectivity index is 1.93. The summed E-state index contributed by atoms with van der Waals surface area (Å²) in [7, 11) is 0. The van der Waals surface area contributed by atoms with Crippen LogP contribution in [0.2, 0.25) is 0 Å². The van der Waals surface area contributed by atoms with Gasteiger partial charge in [-0.25, -0.2) is 0 Å². The van der Waals surface area contributed by atoms with Crippen LogP contribution in [0.5, 0.6) is 0 Å². The van der Waals surface area contributed by atoms with E-state index in [2.05, 4.69) is 12.2 Å². The third-order valence-electron chi connectivity index (χ3n) is 2.33. The molecule has 13 heavy (non-hydrogen) atoms. The number of rotatable bonds is 3. The standard InChI is InChI=1S/C9H14N2OS/c1-2-10-4-7-5-11-8(12)3-9(11)13-6-7/h5,9-10H,2-4,6H2,1H3/t9-/m1/s1. The van der Waals surface area contributed by atoms with E-state index in [0.29, 0.717) is 5.37 Å². The van der Waals surface area contributed by atoms with Gasteiger partial charge in [0.15, 0.2) is 0 Å². The Morgan fingerprint density at radius 3 is 3.31 bits per heavy atom. The van der Waals surface area contributed by atoms with Crippen molar-refractivity contribution in [3.8, 4) is 0 Å². The van der Waals surface area contributed by atoms with Gasteiger partial charge < -0.3 is 10.2 Å². The number of hydrogen-bond donors (Lipinski definition) is 1. The number of hydrogen-bond acceptors (Lipinski definition) is 3. The molecule has 1 N–H and O–H groups in total. The van der Waals surface area contributed by atoms with E-state index in [1.54, 1.807) is 0 Å². The number of carbonyl (C=O) groups excluding carboxylic acids is 1. The van der Waals surface area contributed by atoms with E-state index in [1.165, 1.54) is 5.57 Å². The minimum Gasteiger partial charge on any atom is -0.313 e. The van der Waals surface area contributed by atoms with E-state index in [-0.39, 0.29) is 5.91 Å². The maximum atomic E-state index is 11.1. The minimum absolute atomic E-state index is 0.270. The zero-order chi connectivity index (χ0) is 9.26. The lowest BCUT2D eigenvalue weighted by molar-refractivity contribution is -0.137. The normalized spacial score (nSPS) is 26.5. The van der Waals surface area contributed by atoms with Crippen LogP contribution in [0.25, 0.3) is 0 Å². The van der Waals surface area contributed by atoms with Crippen molar-refractivity contribution in [1.82, 2.24) is 10.2 Å². The molecule has 0 aliphatic carbocycles. The number of nitrogens with one attached hydrogen (secondary N) is 1. The molecule has 1 fully saturated rings. The third-order valence-corrected chi connectivity index (χ3v) is 3.65. The molecule has 1 atom stereocenters. The Bertz CT molecular complexity index is 252. The summed E-state index contributed by atoms with van der Waals surface area (Å²) in [6.45, 7) is 3.99. The number of nitrogens with zero attached hydrogens (tertiary/aromatic N) is 1. The summed E-state index contributed by atoms with van der Waals surface area (Å²) in [5.41, 5.74) is 1.33. The third kappa shape index (κ3) is 1.74. The molecule has 0 bridgehead atoms. The highest BCUT2D eigenvalue weighted by Crippen LogP contribution is 2.35. The van der Waals surface area contributed by atoms with Gasteiger partial charge in [0.05, 0.1) is 11.8 Å². The first-order chi connectivity index (χ1) is 6.31. The van der Waals surface area contributed by atoms with Crippen LogP contribution < -0.4 is 5.32 Å². The van der Waals surface area contributed by atoms with Crippen LogP contribution in [-0.4, -0.2) is 35.0 Å². The first-order valence-electron chi connectivity index (χ1n) is 4.64. The molecule has 0 unspecified atom stereocenters. The smallest absolute Gasteiger partial charge is 0.230 e. The number of carbonyl (C=O) groups is 1. The highest BCUT2D eigenvalue weighted by atomic mass is 32.2. The van der Waals surface area contributed by atoms with Gasteiger partial charge in [0.25, 0.3) is 0 Å². The van der Waals surface area contributed by atoms with E-state index in [4.69, 9.17) is 0 Å². The molecule has 2 rings (SSSR count). The highest BCUT2D eigenvalue weighted by molar-refractivity contribution is 8.00. The Morgan fingerprint density at radius 2 is 2.62 bits per heavy atom. The molecule has 1 saturated heterocycles. The van der Waals surface area contributed by atoms with E-state index in [0.717, 1.165) is 25.3 Å². The predicted octanol–water partition coefficient (Wildman–Crippen LogP) is 0.785. The summed E-state index contributed by atoms with van der Waals surface area (Å²) in [6.07, 6.45) is 2.76. The number of amides is 1. The molecule has 2 aliphatic heterocycles. The van der Waals surface area contributed by atoms with Gasteiger partial charge in [-0.15, -0.1) is 11.8 Å². The average Bonchev–Trinajstić information content (AvgIpc) is 2.14. The van der Waals surface area contributed by atoms with E-state index < -0.39 is 0 Å². The maximum Gasteiger partial charge on any atom is 0.230 e. The van der Waals surface area contributed by atoms with Crippen molar-refractivity contribution in [2.24, 2.45) is 0 Å². The first-order valence-corrected chi connectivity index (χ1v) is 5.69. The highest BCUT2D eigenvalue weighted by Gasteiger charge is 2.37. The molecule has 2 heterocycles. The number of thioether (sulfide) groups is 1. The Kier molecular flexibility index (Phi) is 2.60. The Hall–Kier alpha value is -0.480. The lowest BCUT2D eigenvalue weighted by Crippen LogP contribution is -2.49. The van der Waals surface area contributed by atoms with Crippen molar-refractivity contribution in [3.05, 3.63) is 11.8 Å². The molecule has 0 radical (unpaired) electrons. The van der Waals surface area contributed by atoms with Crippen molar-refractivity contribution in [1.29, 1.82) is 0 Å². The zero-order valence-corrected chi connectivity index (χ0v) is 8.56. The Labute approximate surface area is 82.6 Å². The summed E-state index contributed by atoms with van der Waals surface area (Å²) in [5, 5.41) is 3.72. The Morgan fingerprint density at radius 1 is 1.77 bits per heavy atom. The summed E-state index contributed by atoms with van der Waals surface area (Å²) >= 11 is 1.87. The SMILES string of the molecule is CCNCC1=CN2C(=O)C[C@H]2SC1. The fourth-order valence-electron chi connectivity index (χ4n) is 1.52. The van der Waals surface area contributed by atoms with Gasteiger partial charge in [-0.2, -0.15) is 0 Å². The molecule has 0 spiro atoms. The summed E-state index contributed by atoms with van der Waals surface area (Å²) < 4.78 is 0. The van der Waals surface area contributed by atoms with Crippen LogP contribution in [0.3, 0.4) is 0 Å². The van der Waals surface area contributed by atoms with Crippen molar-refractivity contribution in [3.63, 3.8) is 0 Å². The van der Waals surface area contributed by atoms with E-state index >= 15 is 0 Å². The molecule has 0 aromatic carbocycles. The average molecular weight is 198 g/mol. The molecule has 0 aromatic rings. The van der Waals surface area contributed by atoms with Gasteiger partial charge >= 0.3 is 0 Å². The minimum atomic E-state index is 0.270. The van der Waals surface area contributed by atoms with Crippen LogP contribution in [0, 0.1) is 0 Å². The van der Waals surface area contributed by atoms with E-state index in [1.807, 2.05) is 22.9 Å². The lowest BCUT2D eigenvalue weighted by atomic mass is 10.2. The molecule has 0 aromatic heterocycles. The van der Waals surface area contributed by atoms with Gasteiger partial charge in [-0.3, -0.25) is 4.79 Å². The van der Waals surface area contributed by atoms with Gasteiger partial charge in [0.1, 0.15) is 0 Å². The maximum absolute atomic E-state index is 11.1. The molecular formula is C9H14N2OS. The van der Waals surface area contributed by atoms with Crippen LogP contribution >= 0.6 is 11.8 Å². The second-order valence-corrected chi connectivity index (χ2v) is 4.50. The quantitative estimate of drug-likeness (QED) is 0.680. The molecule has 2 aliphatic rings. The monoisotopic (exact) mass is 198 g/mol. The second kappa shape index (κ2) is 3.72. The summed E-state index contributed by atoms with van der Waals surface area (Å²) in [5.74, 6) is 1.34. The summed E-state index contributed by atoms with van der Waals surface area (Å²) in [4.78, 5) is 13.0. The van der Waals surface area contributed by atoms with E-state index in [9.17, 15) is 4.79 Å². The molecule has 1 amide bonds. The molecule has 3 nitrogen and oxygen atoms in total.